The van der Waals surface area contributed by atoms with Crippen LogP contribution in [-0.2, 0) is 19.6 Å². The van der Waals surface area contributed by atoms with Crippen LogP contribution in [0.15, 0.2) is 23.1 Å². The number of nitrogens with one attached hydrogen (secondary N) is 2. The van der Waals surface area contributed by atoms with Crippen LogP contribution in [-0.4, -0.2) is 40.4 Å². The Bertz CT molecular complexity index is 655. The van der Waals surface area contributed by atoms with Crippen molar-refractivity contribution in [3.63, 3.8) is 0 Å². The van der Waals surface area contributed by atoms with Gasteiger partial charge in [0.15, 0.2) is 0 Å². The van der Waals surface area contributed by atoms with Gasteiger partial charge in [-0.15, -0.1) is 0 Å². The van der Waals surface area contributed by atoms with Crippen LogP contribution in [0.5, 0.6) is 0 Å². The fourth-order valence-electron chi connectivity index (χ4n) is 1.89. The largest absolute Gasteiger partial charge is 0.397 e. The van der Waals surface area contributed by atoms with Gasteiger partial charge in [-0.2, -0.15) is 0 Å². The highest BCUT2D eigenvalue weighted by Crippen LogP contribution is 2.27. The van der Waals surface area contributed by atoms with Crippen LogP contribution in [0.25, 0.3) is 0 Å². The highest BCUT2D eigenvalue weighted by atomic mass is 32.2. The van der Waals surface area contributed by atoms with Crippen molar-refractivity contribution in [2.45, 2.75) is 4.90 Å². The molecule has 0 bridgehead atoms. The number of nitrogens with zero attached hydrogens (tertiary/aromatic N) is 1. The number of carbonyl (C=O) groups excluding carboxylic acids is 2. The summed E-state index contributed by atoms with van der Waals surface area (Å²) in [6.45, 7) is -0.113. The SMILES string of the molecule is CNS(=O)(=O)c1ccc(N)c(N2CC(=O)NC(=O)C2)c1. The molecule has 0 aromatic heterocycles. The van der Waals surface area contributed by atoms with Crippen molar-refractivity contribution in [1.82, 2.24) is 10.0 Å². The van der Waals surface area contributed by atoms with Crippen LogP contribution in [0.2, 0.25) is 0 Å². The lowest BCUT2D eigenvalue weighted by atomic mass is 10.2. The van der Waals surface area contributed by atoms with Crippen molar-refractivity contribution in [3.05, 3.63) is 18.2 Å². The van der Waals surface area contributed by atoms with Crippen molar-refractivity contribution >= 4 is 33.2 Å². The van der Waals surface area contributed by atoms with Crippen molar-refractivity contribution in [2.75, 3.05) is 30.8 Å². The fourth-order valence-corrected chi connectivity index (χ4v) is 2.64. The summed E-state index contributed by atoms with van der Waals surface area (Å²) in [5, 5.41) is 2.16. The van der Waals surface area contributed by atoms with Crippen LogP contribution < -0.4 is 20.7 Å². The monoisotopic (exact) mass is 298 g/mol. The minimum absolute atomic E-state index is 0.0163. The maximum Gasteiger partial charge on any atom is 0.246 e. The van der Waals surface area contributed by atoms with E-state index in [0.29, 0.717) is 11.4 Å². The van der Waals surface area contributed by atoms with Crippen LogP contribution in [0.1, 0.15) is 0 Å². The summed E-state index contributed by atoms with van der Waals surface area (Å²) in [6, 6.07) is 4.13. The van der Waals surface area contributed by atoms with Crippen molar-refractivity contribution in [3.8, 4) is 0 Å². The summed E-state index contributed by atoms with van der Waals surface area (Å²) >= 11 is 0. The standard InChI is InChI=1S/C11H14N4O4S/c1-13-20(18,19)7-2-3-8(12)9(4-7)15-5-10(16)14-11(17)6-15/h2-4,13H,5-6,12H2,1H3,(H,14,16,17). The second kappa shape index (κ2) is 5.10. The molecule has 4 N–H and O–H groups in total. The first-order valence-electron chi connectivity index (χ1n) is 5.74. The van der Waals surface area contributed by atoms with Crippen molar-refractivity contribution < 1.29 is 18.0 Å². The zero-order valence-corrected chi connectivity index (χ0v) is 11.5. The minimum Gasteiger partial charge on any atom is -0.397 e. The van der Waals surface area contributed by atoms with Crippen molar-refractivity contribution in [2.24, 2.45) is 0 Å². The number of piperazine rings is 1. The molecule has 0 aliphatic carbocycles. The van der Waals surface area contributed by atoms with Crippen LogP contribution >= 0.6 is 0 Å². The Morgan fingerprint density at radius 1 is 1.25 bits per heavy atom. The van der Waals surface area contributed by atoms with Crippen molar-refractivity contribution in [1.29, 1.82) is 0 Å². The molecule has 2 rings (SSSR count). The van der Waals surface area contributed by atoms with Gasteiger partial charge in [0.2, 0.25) is 21.8 Å². The molecule has 9 heteroatoms. The van der Waals surface area contributed by atoms with Gasteiger partial charge in [-0.1, -0.05) is 0 Å². The summed E-state index contributed by atoms with van der Waals surface area (Å²) in [6.07, 6.45) is 0. The quantitative estimate of drug-likeness (QED) is 0.468. The Morgan fingerprint density at radius 3 is 2.40 bits per heavy atom. The van der Waals surface area contributed by atoms with Gasteiger partial charge in [0, 0.05) is 0 Å². The summed E-state index contributed by atoms with van der Waals surface area (Å²) in [5.74, 6) is -0.912. The predicted octanol–water partition coefficient (Wildman–Crippen LogP) is -1.36. The Balaban J connectivity index is 2.43. The van der Waals surface area contributed by atoms with Gasteiger partial charge in [0.05, 0.1) is 29.4 Å². The smallest absolute Gasteiger partial charge is 0.246 e. The van der Waals surface area contributed by atoms with E-state index in [1.54, 1.807) is 0 Å². The molecule has 108 valence electrons. The van der Waals surface area contributed by atoms with Crippen LogP contribution in [0, 0.1) is 0 Å². The highest BCUT2D eigenvalue weighted by molar-refractivity contribution is 7.89. The van der Waals surface area contributed by atoms with E-state index in [9.17, 15) is 18.0 Å². The number of rotatable bonds is 3. The second-order valence-electron chi connectivity index (χ2n) is 4.26. The molecule has 1 aromatic rings. The molecule has 0 atom stereocenters. The topological polar surface area (TPSA) is 122 Å². The molecule has 1 saturated heterocycles. The van der Waals surface area contributed by atoms with E-state index in [1.165, 1.54) is 30.1 Å². The number of amides is 2. The van der Waals surface area contributed by atoms with Crippen LogP contribution in [0.3, 0.4) is 0 Å². The van der Waals surface area contributed by atoms with E-state index in [0.717, 1.165) is 0 Å². The second-order valence-corrected chi connectivity index (χ2v) is 6.14. The van der Waals surface area contributed by atoms with E-state index < -0.39 is 21.8 Å². The van der Waals surface area contributed by atoms with Crippen LogP contribution in [0.4, 0.5) is 11.4 Å². The van der Waals surface area contributed by atoms with E-state index in [-0.39, 0.29) is 18.0 Å². The molecular weight excluding hydrogens is 284 g/mol. The normalized spacial score (nSPS) is 16.1. The third-order valence-electron chi connectivity index (χ3n) is 2.87. The number of anilines is 2. The Kier molecular flexibility index (Phi) is 3.64. The molecular formula is C11H14N4O4S. The van der Waals surface area contributed by atoms with Gasteiger partial charge in [-0.25, -0.2) is 13.1 Å². The maximum atomic E-state index is 11.8. The van der Waals surface area contributed by atoms with Gasteiger partial charge in [0.1, 0.15) is 0 Å². The number of hydrogen-bond donors (Lipinski definition) is 3. The third kappa shape index (κ3) is 2.73. The first-order valence-corrected chi connectivity index (χ1v) is 7.22. The zero-order valence-electron chi connectivity index (χ0n) is 10.7. The number of imide groups is 1. The molecule has 20 heavy (non-hydrogen) atoms. The summed E-state index contributed by atoms with van der Waals surface area (Å²) in [7, 11) is -2.33. The Labute approximate surface area is 116 Å². The number of hydrogen-bond acceptors (Lipinski definition) is 6. The third-order valence-corrected chi connectivity index (χ3v) is 4.28. The van der Waals surface area contributed by atoms with Gasteiger partial charge < -0.3 is 10.6 Å². The van der Waals surface area contributed by atoms with Gasteiger partial charge >= 0.3 is 0 Å². The molecule has 1 heterocycles. The minimum atomic E-state index is -3.62. The number of nitrogen functional groups attached to an aromatic ring is 1. The number of carbonyl (C=O) groups is 2. The maximum absolute atomic E-state index is 11.8. The lowest BCUT2D eigenvalue weighted by molar-refractivity contribution is -0.130. The molecule has 0 unspecified atom stereocenters. The van der Waals surface area contributed by atoms with E-state index in [2.05, 4.69) is 10.0 Å². The van der Waals surface area contributed by atoms with Gasteiger partial charge in [-0.05, 0) is 25.2 Å². The molecule has 0 radical (unpaired) electrons. The summed E-state index contributed by atoms with van der Waals surface area (Å²) in [4.78, 5) is 24.2. The van der Waals surface area contributed by atoms with Gasteiger partial charge in [0.25, 0.3) is 0 Å². The number of benzene rings is 1. The number of nitrogens with two attached hydrogens (primary N) is 1. The molecule has 1 aromatic carbocycles. The molecule has 1 aliphatic heterocycles. The summed E-state index contributed by atoms with van der Waals surface area (Å²) in [5.41, 5.74) is 6.43. The summed E-state index contributed by atoms with van der Waals surface area (Å²) < 4.78 is 25.7. The van der Waals surface area contributed by atoms with E-state index in [1.807, 2.05) is 0 Å². The molecule has 1 aliphatic rings. The highest BCUT2D eigenvalue weighted by Gasteiger charge is 2.25. The van der Waals surface area contributed by atoms with E-state index in [4.69, 9.17) is 5.73 Å². The Morgan fingerprint density at radius 2 is 1.85 bits per heavy atom. The molecule has 2 amide bonds. The first-order chi connectivity index (χ1) is 9.33. The fraction of sp³-hybridized carbons (Fsp3) is 0.273. The lowest BCUT2D eigenvalue weighted by Crippen LogP contribution is -2.51. The predicted molar refractivity (Wildman–Crippen MR) is 72.5 cm³/mol. The number of sulfonamides is 1. The molecule has 0 saturated carbocycles. The lowest BCUT2D eigenvalue weighted by Gasteiger charge is -2.28. The molecule has 0 spiro atoms. The average Bonchev–Trinajstić information content (AvgIpc) is 2.37. The molecule has 1 fully saturated rings. The van der Waals surface area contributed by atoms with Gasteiger partial charge in [-0.3, -0.25) is 14.9 Å². The average molecular weight is 298 g/mol. The molecule has 8 nitrogen and oxygen atoms in total. The Hall–Kier alpha value is -2.13. The van der Waals surface area contributed by atoms with E-state index >= 15 is 0 Å². The first kappa shape index (κ1) is 14.3. The zero-order chi connectivity index (χ0) is 14.9.